The number of nitrogens with zero attached hydrogens (tertiary/aromatic N) is 1. The lowest BCUT2D eigenvalue weighted by Gasteiger charge is -2.23. The Hall–Kier alpha value is -0.870. The average Bonchev–Trinajstić information content (AvgIpc) is 2.68. The molecular formula is C10H17N3O. The SMILES string of the molecule is CC(C)c1n[nH]c2c1C(N)(CO)CC2. The standard InChI is InChI=1S/C10H17N3O/c1-6(2)9-8-7(12-13-9)3-4-10(8,11)5-14/h6,14H,3-5,11H2,1-2H3,(H,12,13). The molecule has 1 unspecified atom stereocenters. The fraction of sp³-hybridized carbons (Fsp3) is 0.700. The molecule has 0 aromatic carbocycles. The summed E-state index contributed by atoms with van der Waals surface area (Å²) in [4.78, 5) is 0. The highest BCUT2D eigenvalue weighted by atomic mass is 16.3. The van der Waals surface area contributed by atoms with E-state index in [9.17, 15) is 5.11 Å². The maximum atomic E-state index is 9.33. The summed E-state index contributed by atoms with van der Waals surface area (Å²) >= 11 is 0. The normalized spacial score (nSPS) is 25.8. The quantitative estimate of drug-likeness (QED) is 0.647. The number of H-pyrrole nitrogens is 1. The molecule has 0 fully saturated rings. The number of nitrogens with two attached hydrogens (primary N) is 1. The smallest absolute Gasteiger partial charge is 0.0701 e. The van der Waals surface area contributed by atoms with E-state index < -0.39 is 5.54 Å². The van der Waals surface area contributed by atoms with Crippen molar-refractivity contribution in [3.05, 3.63) is 17.0 Å². The average molecular weight is 195 g/mol. The highest BCUT2D eigenvalue weighted by Crippen LogP contribution is 2.37. The Morgan fingerprint density at radius 1 is 1.64 bits per heavy atom. The van der Waals surface area contributed by atoms with E-state index in [-0.39, 0.29) is 6.61 Å². The number of fused-ring (bicyclic) bond motifs is 1. The van der Waals surface area contributed by atoms with E-state index in [1.165, 1.54) is 0 Å². The first-order valence-corrected chi connectivity index (χ1v) is 5.06. The van der Waals surface area contributed by atoms with Gasteiger partial charge in [0.25, 0.3) is 0 Å². The number of aromatic nitrogens is 2. The molecule has 0 spiro atoms. The van der Waals surface area contributed by atoms with E-state index in [0.717, 1.165) is 29.8 Å². The number of rotatable bonds is 2. The van der Waals surface area contributed by atoms with Gasteiger partial charge in [0.2, 0.25) is 0 Å². The minimum atomic E-state index is -0.568. The number of aromatic amines is 1. The second-order valence-electron chi connectivity index (χ2n) is 4.43. The van der Waals surface area contributed by atoms with Crippen LogP contribution in [0.4, 0.5) is 0 Å². The van der Waals surface area contributed by atoms with Crippen molar-refractivity contribution in [2.75, 3.05) is 6.61 Å². The van der Waals surface area contributed by atoms with Gasteiger partial charge in [-0.25, -0.2) is 0 Å². The van der Waals surface area contributed by atoms with Crippen molar-refractivity contribution in [1.29, 1.82) is 0 Å². The summed E-state index contributed by atoms with van der Waals surface area (Å²) in [5.74, 6) is 0.350. The molecule has 0 aliphatic heterocycles. The van der Waals surface area contributed by atoms with E-state index in [4.69, 9.17) is 5.73 Å². The van der Waals surface area contributed by atoms with Gasteiger partial charge in [-0.15, -0.1) is 0 Å². The number of aryl methyl sites for hydroxylation is 1. The number of aliphatic hydroxyl groups is 1. The van der Waals surface area contributed by atoms with Crippen molar-refractivity contribution in [2.24, 2.45) is 5.73 Å². The Balaban J connectivity index is 2.50. The molecule has 1 atom stereocenters. The summed E-state index contributed by atoms with van der Waals surface area (Å²) < 4.78 is 0. The van der Waals surface area contributed by atoms with Crippen LogP contribution in [0.5, 0.6) is 0 Å². The van der Waals surface area contributed by atoms with Crippen molar-refractivity contribution >= 4 is 0 Å². The Bertz CT molecular complexity index is 345. The van der Waals surface area contributed by atoms with Crippen molar-refractivity contribution in [3.63, 3.8) is 0 Å². The Kier molecular flexibility index (Phi) is 2.12. The molecule has 4 nitrogen and oxygen atoms in total. The van der Waals surface area contributed by atoms with Gasteiger partial charge in [-0.1, -0.05) is 13.8 Å². The van der Waals surface area contributed by atoms with Crippen LogP contribution in [0.2, 0.25) is 0 Å². The van der Waals surface area contributed by atoms with Crippen LogP contribution in [0.3, 0.4) is 0 Å². The van der Waals surface area contributed by atoms with E-state index in [2.05, 4.69) is 24.0 Å². The summed E-state index contributed by atoms with van der Waals surface area (Å²) in [7, 11) is 0. The molecule has 4 N–H and O–H groups in total. The number of aliphatic hydroxyl groups excluding tert-OH is 1. The molecule has 1 aromatic rings. The maximum Gasteiger partial charge on any atom is 0.0701 e. The molecule has 1 aliphatic carbocycles. The third-order valence-corrected chi connectivity index (χ3v) is 3.02. The lowest BCUT2D eigenvalue weighted by atomic mass is 9.90. The van der Waals surface area contributed by atoms with Crippen LogP contribution in [0.15, 0.2) is 0 Å². The summed E-state index contributed by atoms with van der Waals surface area (Å²) in [5, 5.41) is 16.6. The first-order chi connectivity index (χ1) is 6.58. The molecule has 1 heterocycles. The maximum absolute atomic E-state index is 9.33. The van der Waals surface area contributed by atoms with Gasteiger partial charge in [-0.3, -0.25) is 5.10 Å². The van der Waals surface area contributed by atoms with Crippen LogP contribution >= 0.6 is 0 Å². The van der Waals surface area contributed by atoms with Crippen LogP contribution in [0.25, 0.3) is 0 Å². The lowest BCUT2D eigenvalue weighted by molar-refractivity contribution is 0.195. The number of hydrogen-bond acceptors (Lipinski definition) is 3. The van der Waals surface area contributed by atoms with Gasteiger partial charge in [0, 0.05) is 11.3 Å². The summed E-state index contributed by atoms with van der Waals surface area (Å²) in [5.41, 5.74) is 8.74. The fourth-order valence-corrected chi connectivity index (χ4v) is 2.18. The van der Waals surface area contributed by atoms with Gasteiger partial charge in [-0.05, 0) is 18.8 Å². The van der Waals surface area contributed by atoms with Gasteiger partial charge >= 0.3 is 0 Å². The van der Waals surface area contributed by atoms with Gasteiger partial charge in [-0.2, -0.15) is 5.10 Å². The molecule has 1 aliphatic rings. The van der Waals surface area contributed by atoms with E-state index in [0.29, 0.717) is 5.92 Å². The third kappa shape index (κ3) is 1.18. The predicted molar refractivity (Wildman–Crippen MR) is 53.9 cm³/mol. The highest BCUT2D eigenvalue weighted by molar-refractivity contribution is 5.39. The number of hydrogen-bond donors (Lipinski definition) is 3. The van der Waals surface area contributed by atoms with Gasteiger partial charge < -0.3 is 10.8 Å². The summed E-state index contributed by atoms with van der Waals surface area (Å²) in [6.07, 6.45) is 1.71. The topological polar surface area (TPSA) is 74.9 Å². The van der Waals surface area contributed by atoms with Crippen LogP contribution in [-0.2, 0) is 12.0 Å². The predicted octanol–water partition coefficient (Wildman–Crippen LogP) is 0.626. The van der Waals surface area contributed by atoms with Gasteiger partial charge in [0.15, 0.2) is 0 Å². The number of nitrogens with one attached hydrogen (secondary N) is 1. The van der Waals surface area contributed by atoms with E-state index in [1.807, 2.05) is 0 Å². The zero-order valence-corrected chi connectivity index (χ0v) is 8.67. The molecule has 0 radical (unpaired) electrons. The van der Waals surface area contributed by atoms with Crippen LogP contribution in [0, 0.1) is 0 Å². The zero-order valence-electron chi connectivity index (χ0n) is 8.67. The van der Waals surface area contributed by atoms with Crippen molar-refractivity contribution in [2.45, 2.75) is 38.1 Å². The second kappa shape index (κ2) is 3.07. The van der Waals surface area contributed by atoms with Crippen LogP contribution < -0.4 is 5.73 Å². The molecule has 0 amide bonds. The van der Waals surface area contributed by atoms with Gasteiger partial charge in [0.1, 0.15) is 0 Å². The first kappa shape index (κ1) is 9.68. The Morgan fingerprint density at radius 2 is 2.36 bits per heavy atom. The van der Waals surface area contributed by atoms with E-state index >= 15 is 0 Å². The molecule has 14 heavy (non-hydrogen) atoms. The molecule has 1 aromatic heterocycles. The molecule has 0 saturated heterocycles. The Morgan fingerprint density at radius 3 is 2.93 bits per heavy atom. The molecule has 2 rings (SSSR count). The third-order valence-electron chi connectivity index (χ3n) is 3.02. The summed E-state index contributed by atoms with van der Waals surface area (Å²) in [6, 6.07) is 0. The van der Waals surface area contributed by atoms with Crippen LogP contribution in [-0.4, -0.2) is 21.9 Å². The molecular weight excluding hydrogens is 178 g/mol. The highest BCUT2D eigenvalue weighted by Gasteiger charge is 2.39. The fourth-order valence-electron chi connectivity index (χ4n) is 2.18. The first-order valence-electron chi connectivity index (χ1n) is 5.06. The van der Waals surface area contributed by atoms with Crippen molar-refractivity contribution < 1.29 is 5.11 Å². The van der Waals surface area contributed by atoms with Crippen LogP contribution in [0.1, 0.15) is 43.1 Å². The van der Waals surface area contributed by atoms with Crippen molar-refractivity contribution in [1.82, 2.24) is 10.2 Å². The van der Waals surface area contributed by atoms with E-state index in [1.54, 1.807) is 0 Å². The minimum absolute atomic E-state index is 0.000741. The lowest BCUT2D eigenvalue weighted by Crippen LogP contribution is -2.38. The van der Waals surface area contributed by atoms with Crippen molar-refractivity contribution in [3.8, 4) is 0 Å². The molecule has 4 heteroatoms. The zero-order chi connectivity index (χ0) is 10.3. The molecule has 0 saturated carbocycles. The van der Waals surface area contributed by atoms with Gasteiger partial charge in [0.05, 0.1) is 17.8 Å². The molecule has 78 valence electrons. The monoisotopic (exact) mass is 195 g/mol. The minimum Gasteiger partial charge on any atom is -0.394 e. The second-order valence-corrected chi connectivity index (χ2v) is 4.43. The molecule has 0 bridgehead atoms. The Labute approximate surface area is 83.5 Å². The summed E-state index contributed by atoms with van der Waals surface area (Å²) in [6.45, 7) is 4.18. The largest absolute Gasteiger partial charge is 0.394 e.